The van der Waals surface area contributed by atoms with Gasteiger partial charge in [-0.05, 0) is 80.3 Å². The number of thiazole rings is 1. The summed E-state index contributed by atoms with van der Waals surface area (Å²) < 4.78 is 6.74. The van der Waals surface area contributed by atoms with Crippen molar-refractivity contribution in [2.75, 3.05) is 4.90 Å². The average molecular weight is 511 g/mol. The second-order valence-electron chi connectivity index (χ2n) is 9.94. The van der Waals surface area contributed by atoms with E-state index in [0.29, 0.717) is 10.7 Å². The van der Waals surface area contributed by atoms with Crippen LogP contribution < -0.4 is 9.64 Å². The van der Waals surface area contributed by atoms with E-state index in [2.05, 4.69) is 6.07 Å². The number of aliphatic hydroxyl groups is 1. The minimum atomic E-state index is -0.800. The van der Waals surface area contributed by atoms with Crippen LogP contribution in [0.15, 0.2) is 60.2 Å². The van der Waals surface area contributed by atoms with Gasteiger partial charge in [-0.1, -0.05) is 41.2 Å². The van der Waals surface area contributed by atoms with Gasteiger partial charge in [-0.2, -0.15) is 0 Å². The minimum Gasteiger partial charge on any atom is -0.507 e. The number of aliphatic hydroxyl groups excluding tert-OH is 1. The number of nitrogens with zero attached hydrogens (tertiary/aromatic N) is 2. The number of aromatic nitrogens is 1. The molecule has 1 aromatic heterocycles. The van der Waals surface area contributed by atoms with Crippen LogP contribution in [-0.2, 0) is 16.0 Å². The van der Waals surface area contributed by atoms with Gasteiger partial charge in [-0.3, -0.25) is 14.5 Å². The van der Waals surface area contributed by atoms with E-state index < -0.39 is 17.7 Å². The van der Waals surface area contributed by atoms with Crippen molar-refractivity contribution in [2.24, 2.45) is 0 Å². The standard InChI is InChI=1S/C30H26N2O4S/c1-15-6-5-7-19(10-15)26-25(27(33)20-8-9-23-21(14-20)13-18(4)36-23)28(34)29(35)32(26)30-31-22-11-16(2)17(3)12-24(22)37-30/h5-12,14,18,26,33H,13H2,1-4H3/b27-25+. The van der Waals surface area contributed by atoms with Crippen molar-refractivity contribution in [3.63, 3.8) is 0 Å². The lowest BCUT2D eigenvalue weighted by Gasteiger charge is -2.23. The van der Waals surface area contributed by atoms with E-state index in [9.17, 15) is 14.7 Å². The molecule has 37 heavy (non-hydrogen) atoms. The lowest BCUT2D eigenvalue weighted by molar-refractivity contribution is -0.132. The maximum Gasteiger partial charge on any atom is 0.301 e. The van der Waals surface area contributed by atoms with Gasteiger partial charge in [0.2, 0.25) is 0 Å². The number of Topliss-reactive ketones (excluding diaryl/α,β-unsaturated/α-hetero) is 1. The van der Waals surface area contributed by atoms with Gasteiger partial charge in [0.1, 0.15) is 17.6 Å². The number of amides is 1. The molecular weight excluding hydrogens is 484 g/mol. The van der Waals surface area contributed by atoms with E-state index in [4.69, 9.17) is 9.72 Å². The molecular formula is C30H26N2O4S. The lowest BCUT2D eigenvalue weighted by Crippen LogP contribution is -2.29. The molecule has 3 aromatic carbocycles. The fraction of sp³-hybridized carbons (Fsp3) is 0.233. The number of aryl methyl sites for hydroxylation is 3. The Morgan fingerprint density at radius 2 is 1.84 bits per heavy atom. The van der Waals surface area contributed by atoms with Crippen LogP contribution >= 0.6 is 11.3 Å². The van der Waals surface area contributed by atoms with Gasteiger partial charge in [-0.15, -0.1) is 0 Å². The van der Waals surface area contributed by atoms with Crippen LogP contribution in [0.3, 0.4) is 0 Å². The first-order chi connectivity index (χ1) is 17.7. The molecule has 186 valence electrons. The Morgan fingerprint density at radius 1 is 1.05 bits per heavy atom. The lowest BCUT2D eigenvalue weighted by atomic mass is 9.94. The number of hydrogen-bond acceptors (Lipinski definition) is 6. The Hall–Kier alpha value is -3.97. The zero-order chi connectivity index (χ0) is 26.0. The molecule has 1 fully saturated rings. The third-order valence-corrected chi connectivity index (χ3v) is 8.19. The van der Waals surface area contributed by atoms with Gasteiger partial charge in [0.05, 0.1) is 21.8 Å². The molecule has 3 heterocycles. The van der Waals surface area contributed by atoms with E-state index >= 15 is 0 Å². The highest BCUT2D eigenvalue weighted by atomic mass is 32.1. The Balaban J connectivity index is 1.54. The van der Waals surface area contributed by atoms with Gasteiger partial charge in [0.15, 0.2) is 5.13 Å². The molecule has 1 saturated heterocycles. The fourth-order valence-electron chi connectivity index (χ4n) is 5.18. The molecule has 6 rings (SSSR count). The molecule has 1 N–H and O–H groups in total. The van der Waals surface area contributed by atoms with Gasteiger partial charge in [0.25, 0.3) is 5.78 Å². The Labute approximate surface area is 218 Å². The van der Waals surface area contributed by atoms with Crippen LogP contribution in [0.4, 0.5) is 5.13 Å². The van der Waals surface area contributed by atoms with Crippen molar-refractivity contribution in [1.29, 1.82) is 0 Å². The first-order valence-electron chi connectivity index (χ1n) is 12.3. The Morgan fingerprint density at radius 3 is 2.62 bits per heavy atom. The molecule has 2 aliphatic rings. The number of benzene rings is 3. The summed E-state index contributed by atoms with van der Waals surface area (Å²) in [7, 11) is 0. The van der Waals surface area contributed by atoms with E-state index in [1.807, 2.05) is 70.2 Å². The van der Waals surface area contributed by atoms with Crippen LogP contribution in [0, 0.1) is 20.8 Å². The highest BCUT2D eigenvalue weighted by Crippen LogP contribution is 2.45. The largest absolute Gasteiger partial charge is 0.507 e. The molecule has 6 nitrogen and oxygen atoms in total. The molecule has 0 bridgehead atoms. The highest BCUT2D eigenvalue weighted by Gasteiger charge is 2.48. The molecule has 2 unspecified atom stereocenters. The fourth-order valence-corrected chi connectivity index (χ4v) is 6.25. The maximum atomic E-state index is 13.5. The van der Waals surface area contributed by atoms with Crippen LogP contribution in [0.1, 0.15) is 46.3 Å². The summed E-state index contributed by atoms with van der Waals surface area (Å²) in [5.74, 6) is -0.832. The zero-order valence-corrected chi connectivity index (χ0v) is 21.8. The predicted molar refractivity (Wildman–Crippen MR) is 145 cm³/mol. The molecule has 0 aliphatic carbocycles. The van der Waals surface area contributed by atoms with Crippen molar-refractivity contribution in [2.45, 2.75) is 46.3 Å². The Bertz CT molecular complexity index is 1610. The Kier molecular flexibility index (Phi) is 5.42. The molecule has 7 heteroatoms. The summed E-state index contributed by atoms with van der Waals surface area (Å²) in [6, 6.07) is 16.3. The zero-order valence-electron chi connectivity index (χ0n) is 21.0. The SMILES string of the molecule is Cc1cccc(C2/C(=C(\O)c3ccc4c(c3)CC(C)O4)C(=O)C(=O)N2c2nc3cc(C)c(C)cc3s2)c1. The molecule has 0 radical (unpaired) electrons. The highest BCUT2D eigenvalue weighted by molar-refractivity contribution is 7.22. The molecule has 0 saturated carbocycles. The van der Waals surface area contributed by atoms with Crippen LogP contribution in [0.25, 0.3) is 16.0 Å². The van der Waals surface area contributed by atoms with Crippen LogP contribution in [0.2, 0.25) is 0 Å². The number of hydrogen-bond donors (Lipinski definition) is 1. The van der Waals surface area contributed by atoms with E-state index in [0.717, 1.165) is 50.2 Å². The second-order valence-corrected chi connectivity index (χ2v) is 10.9. The number of anilines is 1. The van der Waals surface area contributed by atoms with E-state index in [1.54, 1.807) is 6.07 Å². The summed E-state index contributed by atoms with van der Waals surface area (Å²) in [4.78, 5) is 33.3. The quantitative estimate of drug-likeness (QED) is 0.203. The molecule has 1 amide bonds. The molecule has 4 aromatic rings. The predicted octanol–water partition coefficient (Wildman–Crippen LogP) is 6.17. The number of carbonyl (C=O) groups excluding carboxylic acids is 2. The molecule has 2 aliphatic heterocycles. The first kappa shape index (κ1) is 23.4. The van der Waals surface area contributed by atoms with Crippen molar-refractivity contribution in [1.82, 2.24) is 4.98 Å². The summed E-state index contributed by atoms with van der Waals surface area (Å²) >= 11 is 1.37. The van der Waals surface area contributed by atoms with Crippen LogP contribution in [-0.4, -0.2) is 27.9 Å². The van der Waals surface area contributed by atoms with E-state index in [1.165, 1.54) is 16.2 Å². The van der Waals surface area contributed by atoms with Crippen molar-refractivity contribution in [3.05, 3.63) is 93.6 Å². The minimum absolute atomic E-state index is 0.0524. The maximum absolute atomic E-state index is 13.5. The van der Waals surface area contributed by atoms with Gasteiger partial charge in [-0.25, -0.2) is 4.98 Å². The topological polar surface area (TPSA) is 79.7 Å². The summed E-state index contributed by atoms with van der Waals surface area (Å²) in [5, 5.41) is 11.9. The summed E-state index contributed by atoms with van der Waals surface area (Å²) in [6.07, 6.45) is 0.771. The third-order valence-electron chi connectivity index (χ3n) is 7.17. The van der Waals surface area contributed by atoms with Crippen molar-refractivity contribution >= 4 is 44.1 Å². The van der Waals surface area contributed by atoms with Gasteiger partial charge in [0, 0.05) is 12.0 Å². The average Bonchev–Trinajstić information content (AvgIpc) is 3.51. The van der Waals surface area contributed by atoms with Crippen molar-refractivity contribution in [3.8, 4) is 5.75 Å². The monoisotopic (exact) mass is 510 g/mol. The third kappa shape index (κ3) is 3.81. The number of ether oxygens (including phenoxy) is 1. The second kappa shape index (κ2) is 8.56. The number of carbonyl (C=O) groups is 2. The summed E-state index contributed by atoms with van der Waals surface area (Å²) in [6.45, 7) is 8.01. The molecule has 2 atom stereocenters. The van der Waals surface area contributed by atoms with E-state index in [-0.39, 0.29) is 17.4 Å². The van der Waals surface area contributed by atoms with Gasteiger partial charge < -0.3 is 9.84 Å². The smallest absolute Gasteiger partial charge is 0.301 e. The number of rotatable bonds is 3. The van der Waals surface area contributed by atoms with Crippen molar-refractivity contribution < 1.29 is 19.4 Å². The molecule has 0 spiro atoms. The number of fused-ring (bicyclic) bond motifs is 2. The first-order valence-corrected chi connectivity index (χ1v) is 13.1. The van der Waals surface area contributed by atoms with Crippen LogP contribution in [0.5, 0.6) is 5.75 Å². The number of ketones is 1. The van der Waals surface area contributed by atoms with Gasteiger partial charge >= 0.3 is 5.91 Å². The normalized spacial score (nSPS) is 20.5. The summed E-state index contributed by atoms with van der Waals surface area (Å²) in [5.41, 5.74) is 6.27.